The van der Waals surface area contributed by atoms with Gasteiger partial charge in [-0.15, -0.1) is 0 Å². The van der Waals surface area contributed by atoms with Gasteiger partial charge in [0.2, 0.25) is 0 Å². The van der Waals surface area contributed by atoms with Crippen molar-refractivity contribution in [2.75, 3.05) is 45.8 Å². The SMILES string of the molecule is CC(CN1CCC(F)(F)C1)N1CCNCC1. The Labute approximate surface area is 95.8 Å². The van der Waals surface area contributed by atoms with Crippen LogP contribution in [0.2, 0.25) is 0 Å². The minimum atomic E-state index is -2.46. The minimum absolute atomic E-state index is 0.0290. The quantitative estimate of drug-likeness (QED) is 0.771. The van der Waals surface area contributed by atoms with Crippen molar-refractivity contribution < 1.29 is 8.78 Å². The van der Waals surface area contributed by atoms with Gasteiger partial charge in [-0.1, -0.05) is 0 Å². The average Bonchev–Trinajstić information content (AvgIpc) is 2.59. The number of rotatable bonds is 3. The third-order valence-corrected chi connectivity index (χ3v) is 3.55. The fourth-order valence-corrected chi connectivity index (χ4v) is 2.57. The van der Waals surface area contributed by atoms with E-state index in [4.69, 9.17) is 0 Å². The predicted octanol–water partition coefficient (Wildman–Crippen LogP) is 0.621. The van der Waals surface area contributed by atoms with Crippen LogP contribution in [-0.4, -0.2) is 67.6 Å². The normalized spacial score (nSPS) is 29.4. The first-order chi connectivity index (χ1) is 7.57. The Bertz CT molecular complexity index is 229. The summed E-state index contributed by atoms with van der Waals surface area (Å²) in [6.07, 6.45) is 0.0290. The summed E-state index contributed by atoms with van der Waals surface area (Å²) in [5.74, 6) is -2.46. The first kappa shape index (κ1) is 12.2. The van der Waals surface area contributed by atoms with Crippen LogP contribution in [0.5, 0.6) is 0 Å². The van der Waals surface area contributed by atoms with Crippen LogP contribution in [-0.2, 0) is 0 Å². The second kappa shape index (κ2) is 4.94. The third kappa shape index (κ3) is 3.12. The summed E-state index contributed by atoms with van der Waals surface area (Å²) in [7, 11) is 0. The summed E-state index contributed by atoms with van der Waals surface area (Å²) in [6.45, 7) is 7.50. The molecule has 0 aromatic carbocycles. The smallest absolute Gasteiger partial charge is 0.261 e. The fraction of sp³-hybridized carbons (Fsp3) is 1.00. The molecule has 3 nitrogen and oxygen atoms in total. The molecule has 2 aliphatic rings. The Morgan fingerprint density at radius 2 is 1.94 bits per heavy atom. The summed E-state index contributed by atoms with van der Waals surface area (Å²) in [5.41, 5.74) is 0. The first-order valence-electron chi connectivity index (χ1n) is 6.12. The van der Waals surface area contributed by atoms with Gasteiger partial charge in [-0.3, -0.25) is 9.80 Å². The molecular weight excluding hydrogens is 212 g/mol. The molecule has 16 heavy (non-hydrogen) atoms. The van der Waals surface area contributed by atoms with Gasteiger partial charge in [0.25, 0.3) is 5.92 Å². The number of nitrogens with zero attached hydrogens (tertiary/aromatic N) is 2. The summed E-state index contributed by atoms with van der Waals surface area (Å²) < 4.78 is 26.0. The summed E-state index contributed by atoms with van der Waals surface area (Å²) in [5, 5.41) is 3.30. The summed E-state index contributed by atoms with van der Waals surface area (Å²) in [6, 6.07) is 0.385. The van der Waals surface area contributed by atoms with E-state index in [-0.39, 0.29) is 13.0 Å². The highest BCUT2D eigenvalue weighted by Crippen LogP contribution is 2.26. The molecule has 1 unspecified atom stereocenters. The Balaban J connectivity index is 1.76. The lowest BCUT2D eigenvalue weighted by Crippen LogP contribution is -2.50. The van der Waals surface area contributed by atoms with Crippen molar-refractivity contribution in [3.63, 3.8) is 0 Å². The van der Waals surface area contributed by atoms with E-state index in [0.717, 1.165) is 32.7 Å². The maximum absolute atomic E-state index is 13.0. The minimum Gasteiger partial charge on any atom is -0.314 e. The van der Waals surface area contributed by atoms with Crippen LogP contribution < -0.4 is 5.32 Å². The molecule has 2 fully saturated rings. The van der Waals surface area contributed by atoms with Crippen LogP contribution in [0.4, 0.5) is 8.78 Å². The van der Waals surface area contributed by atoms with Crippen LogP contribution in [0.15, 0.2) is 0 Å². The number of piperazine rings is 1. The highest BCUT2D eigenvalue weighted by Gasteiger charge is 2.38. The molecule has 0 aromatic rings. The second-order valence-corrected chi connectivity index (χ2v) is 4.98. The monoisotopic (exact) mass is 233 g/mol. The number of hydrogen-bond acceptors (Lipinski definition) is 3. The van der Waals surface area contributed by atoms with Crippen molar-refractivity contribution in [2.24, 2.45) is 0 Å². The lowest BCUT2D eigenvalue weighted by molar-refractivity contribution is 0.00947. The molecule has 2 rings (SSSR count). The Hall–Kier alpha value is -0.260. The summed E-state index contributed by atoms with van der Waals surface area (Å²) in [4.78, 5) is 4.28. The molecule has 2 aliphatic heterocycles. The molecule has 0 radical (unpaired) electrons. The summed E-state index contributed by atoms with van der Waals surface area (Å²) >= 11 is 0. The van der Waals surface area contributed by atoms with E-state index in [1.165, 1.54) is 0 Å². The first-order valence-corrected chi connectivity index (χ1v) is 6.12. The molecule has 1 atom stereocenters. The zero-order valence-corrected chi connectivity index (χ0v) is 9.88. The highest BCUT2D eigenvalue weighted by atomic mass is 19.3. The molecular formula is C11H21F2N3. The van der Waals surface area contributed by atoms with E-state index in [1.807, 2.05) is 4.90 Å². The van der Waals surface area contributed by atoms with Crippen LogP contribution in [0.25, 0.3) is 0 Å². The molecule has 0 amide bonds. The lowest BCUT2D eigenvalue weighted by atomic mass is 10.2. The molecule has 0 aliphatic carbocycles. The van der Waals surface area contributed by atoms with Gasteiger partial charge in [-0.2, -0.15) is 0 Å². The lowest BCUT2D eigenvalue weighted by Gasteiger charge is -2.34. The fourth-order valence-electron chi connectivity index (χ4n) is 2.57. The van der Waals surface area contributed by atoms with Gasteiger partial charge in [-0.25, -0.2) is 8.78 Å². The molecule has 1 N–H and O–H groups in total. The van der Waals surface area contributed by atoms with Crippen molar-refractivity contribution in [3.05, 3.63) is 0 Å². The van der Waals surface area contributed by atoms with Gasteiger partial charge in [0.15, 0.2) is 0 Å². The number of alkyl halides is 2. The number of likely N-dealkylation sites (tertiary alicyclic amines) is 1. The predicted molar refractivity (Wildman–Crippen MR) is 59.9 cm³/mol. The van der Waals surface area contributed by atoms with Gasteiger partial charge >= 0.3 is 0 Å². The van der Waals surface area contributed by atoms with E-state index >= 15 is 0 Å². The van der Waals surface area contributed by atoms with Crippen LogP contribution in [0.1, 0.15) is 13.3 Å². The zero-order valence-electron chi connectivity index (χ0n) is 9.88. The molecule has 2 heterocycles. The topological polar surface area (TPSA) is 18.5 Å². The van der Waals surface area contributed by atoms with E-state index in [2.05, 4.69) is 17.1 Å². The van der Waals surface area contributed by atoms with Gasteiger partial charge in [0.05, 0.1) is 6.54 Å². The molecule has 0 saturated carbocycles. The Morgan fingerprint density at radius 3 is 2.50 bits per heavy atom. The van der Waals surface area contributed by atoms with Crippen molar-refractivity contribution in [2.45, 2.75) is 25.3 Å². The largest absolute Gasteiger partial charge is 0.314 e. The van der Waals surface area contributed by atoms with Gasteiger partial charge < -0.3 is 5.32 Å². The van der Waals surface area contributed by atoms with E-state index in [0.29, 0.717) is 12.6 Å². The van der Waals surface area contributed by atoms with Crippen LogP contribution in [0, 0.1) is 0 Å². The highest BCUT2D eigenvalue weighted by molar-refractivity contribution is 4.85. The molecule has 0 aromatic heterocycles. The standard InChI is InChI=1S/C11H21F2N3/c1-10(16-6-3-14-4-7-16)8-15-5-2-11(12,13)9-15/h10,14H,2-9H2,1H3. The molecule has 94 valence electrons. The van der Waals surface area contributed by atoms with E-state index in [1.54, 1.807) is 0 Å². The van der Waals surface area contributed by atoms with Crippen LogP contribution in [0.3, 0.4) is 0 Å². The van der Waals surface area contributed by atoms with E-state index in [9.17, 15) is 8.78 Å². The molecule has 0 bridgehead atoms. The van der Waals surface area contributed by atoms with Crippen molar-refractivity contribution in [1.82, 2.24) is 15.1 Å². The molecule has 0 spiro atoms. The van der Waals surface area contributed by atoms with Gasteiger partial charge in [-0.05, 0) is 6.92 Å². The van der Waals surface area contributed by atoms with Crippen molar-refractivity contribution >= 4 is 0 Å². The second-order valence-electron chi connectivity index (χ2n) is 4.98. The molecule has 2 saturated heterocycles. The van der Waals surface area contributed by atoms with Gasteiger partial charge in [0, 0.05) is 51.7 Å². The maximum atomic E-state index is 13.0. The maximum Gasteiger partial charge on any atom is 0.261 e. The zero-order chi connectivity index (χ0) is 11.6. The van der Waals surface area contributed by atoms with Crippen LogP contribution >= 0.6 is 0 Å². The van der Waals surface area contributed by atoms with Gasteiger partial charge in [0.1, 0.15) is 0 Å². The Morgan fingerprint density at radius 1 is 1.25 bits per heavy atom. The molecule has 5 heteroatoms. The average molecular weight is 233 g/mol. The van der Waals surface area contributed by atoms with Crippen molar-refractivity contribution in [1.29, 1.82) is 0 Å². The Kier molecular flexibility index (Phi) is 3.77. The number of hydrogen-bond donors (Lipinski definition) is 1. The van der Waals surface area contributed by atoms with E-state index < -0.39 is 5.92 Å². The van der Waals surface area contributed by atoms with Crippen molar-refractivity contribution in [3.8, 4) is 0 Å². The number of halogens is 2. The number of nitrogens with one attached hydrogen (secondary N) is 1. The third-order valence-electron chi connectivity index (χ3n) is 3.55.